The third-order valence-electron chi connectivity index (χ3n) is 2.95. The number of hydrogen-bond donors (Lipinski definition) is 1. The molecule has 0 radical (unpaired) electrons. The summed E-state index contributed by atoms with van der Waals surface area (Å²) in [7, 11) is -1.02. The Hall–Kier alpha value is -1.93. The van der Waals surface area contributed by atoms with E-state index in [1.165, 1.54) is 33.3 Å². The quantitative estimate of drug-likeness (QED) is 0.895. The molecule has 0 aliphatic rings. The first-order valence-corrected chi connectivity index (χ1v) is 8.03. The summed E-state index contributed by atoms with van der Waals surface area (Å²) in [4.78, 5) is -0.0125. The normalized spacial score (nSPS) is 11.3. The molecular weight excluding hydrogens is 332 g/mol. The maximum Gasteiger partial charge on any atom is 0.267 e. The fourth-order valence-electron chi connectivity index (χ4n) is 1.99. The third-order valence-corrected chi connectivity index (χ3v) is 4.86. The van der Waals surface area contributed by atoms with Crippen LogP contribution in [0.25, 0.3) is 0 Å². The SMILES string of the molecule is COc1cc(OC)c(NS(=O)(=O)c2c(C)noc2C)cc1Cl. The Morgan fingerprint density at radius 2 is 1.82 bits per heavy atom. The van der Waals surface area contributed by atoms with E-state index in [1.54, 1.807) is 6.92 Å². The van der Waals surface area contributed by atoms with Crippen LogP contribution < -0.4 is 14.2 Å². The van der Waals surface area contributed by atoms with E-state index < -0.39 is 10.0 Å². The number of methoxy groups -OCH3 is 2. The van der Waals surface area contributed by atoms with Gasteiger partial charge in [-0.15, -0.1) is 0 Å². The van der Waals surface area contributed by atoms with Gasteiger partial charge in [0.05, 0.1) is 24.9 Å². The number of benzene rings is 1. The molecule has 1 aromatic heterocycles. The summed E-state index contributed by atoms with van der Waals surface area (Å²) in [6, 6.07) is 2.91. The van der Waals surface area contributed by atoms with E-state index >= 15 is 0 Å². The minimum atomic E-state index is -3.89. The molecule has 1 aromatic carbocycles. The Labute approximate surface area is 133 Å². The molecular formula is C13H15ClN2O5S. The van der Waals surface area contributed by atoms with Crippen molar-refractivity contribution in [3.63, 3.8) is 0 Å². The average molecular weight is 347 g/mol. The van der Waals surface area contributed by atoms with E-state index in [1.807, 2.05) is 0 Å². The van der Waals surface area contributed by atoms with E-state index in [0.29, 0.717) is 5.75 Å². The lowest BCUT2D eigenvalue weighted by atomic mass is 10.3. The number of nitrogens with zero attached hydrogens (tertiary/aromatic N) is 1. The molecule has 0 fully saturated rings. The van der Waals surface area contributed by atoms with Gasteiger partial charge in [-0.25, -0.2) is 8.42 Å². The highest BCUT2D eigenvalue weighted by molar-refractivity contribution is 7.92. The van der Waals surface area contributed by atoms with Crippen molar-refractivity contribution in [2.24, 2.45) is 0 Å². The number of aryl methyl sites for hydroxylation is 2. The molecule has 1 N–H and O–H groups in total. The summed E-state index contributed by atoms with van der Waals surface area (Å²) >= 11 is 6.03. The van der Waals surface area contributed by atoms with Crippen LogP contribution in [-0.4, -0.2) is 27.8 Å². The molecule has 2 aromatic rings. The summed E-state index contributed by atoms with van der Waals surface area (Å²) in [5, 5.41) is 3.89. The summed E-state index contributed by atoms with van der Waals surface area (Å²) in [6.07, 6.45) is 0. The predicted octanol–water partition coefficient (Wildman–Crippen LogP) is 2.76. The van der Waals surface area contributed by atoms with Crippen molar-refractivity contribution in [1.29, 1.82) is 0 Å². The van der Waals surface area contributed by atoms with Gasteiger partial charge < -0.3 is 14.0 Å². The fourth-order valence-corrected chi connectivity index (χ4v) is 3.63. The zero-order valence-electron chi connectivity index (χ0n) is 12.4. The molecule has 9 heteroatoms. The molecule has 0 aliphatic heterocycles. The van der Waals surface area contributed by atoms with Crippen LogP contribution in [0.4, 0.5) is 5.69 Å². The minimum Gasteiger partial charge on any atom is -0.495 e. The maximum absolute atomic E-state index is 12.5. The van der Waals surface area contributed by atoms with Gasteiger partial charge in [-0.3, -0.25) is 4.72 Å². The monoisotopic (exact) mass is 346 g/mol. The van der Waals surface area contributed by atoms with E-state index in [9.17, 15) is 8.42 Å². The third kappa shape index (κ3) is 2.97. The van der Waals surface area contributed by atoms with Gasteiger partial charge in [-0.05, 0) is 19.9 Å². The Balaban J connectivity index is 2.48. The number of halogens is 1. The van der Waals surface area contributed by atoms with Gasteiger partial charge in [0.25, 0.3) is 10.0 Å². The van der Waals surface area contributed by atoms with Crippen LogP contribution >= 0.6 is 11.6 Å². The van der Waals surface area contributed by atoms with Crippen molar-refractivity contribution in [3.05, 3.63) is 28.6 Å². The van der Waals surface area contributed by atoms with Crippen LogP contribution in [0.5, 0.6) is 11.5 Å². The predicted molar refractivity (Wildman–Crippen MR) is 81.3 cm³/mol. The molecule has 1 heterocycles. The van der Waals surface area contributed by atoms with Gasteiger partial charge >= 0.3 is 0 Å². The zero-order valence-corrected chi connectivity index (χ0v) is 14.0. The van der Waals surface area contributed by atoms with Crippen molar-refractivity contribution in [3.8, 4) is 11.5 Å². The highest BCUT2D eigenvalue weighted by Crippen LogP contribution is 2.37. The lowest BCUT2D eigenvalue weighted by Gasteiger charge is -2.14. The number of sulfonamides is 1. The molecule has 2 rings (SSSR count). The first kappa shape index (κ1) is 16.4. The summed E-state index contributed by atoms with van der Waals surface area (Å²) in [6.45, 7) is 3.07. The standard InChI is InChI=1S/C13H15ClN2O5S/c1-7-13(8(2)21-15-7)22(17,18)16-10-5-9(14)11(19-3)6-12(10)20-4/h5-6,16H,1-4H3. The van der Waals surface area contributed by atoms with E-state index in [0.717, 1.165) is 0 Å². The molecule has 0 saturated carbocycles. The number of rotatable bonds is 5. The molecule has 0 atom stereocenters. The molecule has 0 aliphatic carbocycles. The van der Waals surface area contributed by atoms with Crippen LogP contribution in [0.1, 0.15) is 11.5 Å². The van der Waals surface area contributed by atoms with E-state index in [4.69, 9.17) is 25.6 Å². The Kier molecular flexibility index (Phi) is 4.52. The number of nitrogens with one attached hydrogen (secondary N) is 1. The van der Waals surface area contributed by atoms with Crippen molar-refractivity contribution in [1.82, 2.24) is 5.16 Å². The molecule has 0 saturated heterocycles. The lowest BCUT2D eigenvalue weighted by molar-refractivity contribution is 0.390. The van der Waals surface area contributed by atoms with Crippen LogP contribution in [0.3, 0.4) is 0 Å². The van der Waals surface area contributed by atoms with Crippen LogP contribution in [0.2, 0.25) is 5.02 Å². The fraction of sp³-hybridized carbons (Fsp3) is 0.308. The highest BCUT2D eigenvalue weighted by atomic mass is 35.5. The average Bonchev–Trinajstić information content (AvgIpc) is 2.78. The molecule has 120 valence electrons. The number of aromatic nitrogens is 1. The number of ether oxygens (including phenoxy) is 2. The molecule has 0 unspecified atom stereocenters. The van der Waals surface area contributed by atoms with Crippen molar-refractivity contribution < 1.29 is 22.4 Å². The van der Waals surface area contributed by atoms with Crippen molar-refractivity contribution in [2.45, 2.75) is 18.7 Å². The highest BCUT2D eigenvalue weighted by Gasteiger charge is 2.25. The molecule has 0 bridgehead atoms. The Morgan fingerprint density at radius 3 is 2.32 bits per heavy atom. The first-order valence-electron chi connectivity index (χ1n) is 6.17. The van der Waals surface area contributed by atoms with Gasteiger partial charge in [0.1, 0.15) is 17.2 Å². The van der Waals surface area contributed by atoms with Crippen molar-refractivity contribution in [2.75, 3.05) is 18.9 Å². The van der Waals surface area contributed by atoms with Crippen LogP contribution in [-0.2, 0) is 10.0 Å². The first-order chi connectivity index (χ1) is 10.3. The summed E-state index contributed by atoms with van der Waals surface area (Å²) in [5.41, 5.74) is 0.455. The number of anilines is 1. The summed E-state index contributed by atoms with van der Waals surface area (Å²) < 4.78 is 42.5. The Bertz CT molecular complexity index is 782. The maximum atomic E-state index is 12.5. The smallest absolute Gasteiger partial charge is 0.267 e. The topological polar surface area (TPSA) is 90.7 Å². The molecule has 0 spiro atoms. The lowest BCUT2D eigenvalue weighted by Crippen LogP contribution is -2.15. The minimum absolute atomic E-state index is 0.0125. The van der Waals surface area contributed by atoms with E-state index in [2.05, 4.69) is 9.88 Å². The van der Waals surface area contributed by atoms with Gasteiger partial charge in [0.2, 0.25) is 0 Å². The second-order valence-corrected chi connectivity index (χ2v) is 6.47. The van der Waals surface area contributed by atoms with Crippen LogP contribution in [0.15, 0.2) is 21.6 Å². The molecule has 7 nitrogen and oxygen atoms in total. The van der Waals surface area contributed by atoms with Crippen LogP contribution in [0, 0.1) is 13.8 Å². The van der Waals surface area contributed by atoms with Gasteiger partial charge in [0.15, 0.2) is 10.7 Å². The Morgan fingerprint density at radius 1 is 1.18 bits per heavy atom. The largest absolute Gasteiger partial charge is 0.495 e. The second-order valence-electron chi connectivity index (χ2n) is 4.45. The molecule has 0 amide bonds. The zero-order chi connectivity index (χ0) is 16.5. The summed E-state index contributed by atoms with van der Waals surface area (Å²) in [5.74, 6) is 0.846. The van der Waals surface area contributed by atoms with Gasteiger partial charge in [-0.2, -0.15) is 0 Å². The molecule has 22 heavy (non-hydrogen) atoms. The second kappa shape index (κ2) is 6.05. The van der Waals surface area contributed by atoms with Crippen molar-refractivity contribution >= 4 is 27.3 Å². The van der Waals surface area contributed by atoms with Gasteiger partial charge in [0, 0.05) is 6.07 Å². The van der Waals surface area contributed by atoms with E-state index in [-0.39, 0.29) is 32.8 Å². The number of hydrogen-bond acceptors (Lipinski definition) is 6. The van der Waals surface area contributed by atoms with Gasteiger partial charge in [-0.1, -0.05) is 16.8 Å².